The summed E-state index contributed by atoms with van der Waals surface area (Å²) in [6, 6.07) is 8.71. The van der Waals surface area contributed by atoms with E-state index < -0.39 is 8.07 Å². The first kappa shape index (κ1) is 12.2. The molecule has 2 heteroatoms. The molecule has 0 saturated heterocycles. The van der Waals surface area contributed by atoms with Crippen LogP contribution in [0.1, 0.15) is 12.0 Å². The lowest BCUT2D eigenvalue weighted by molar-refractivity contribution is 0.303. The normalized spacial score (nSPS) is 12.3. The standard InChI is InChI=1S/C13H20OSi/c1-15(2,3)13-9-6-8-12(11-13)7-4-5-10-14/h4,6-9,11,14H,5,10H2,1-3H3. The zero-order valence-corrected chi connectivity index (χ0v) is 10.8. The smallest absolute Gasteiger partial charge is 0.0776 e. The molecule has 0 spiro atoms. The van der Waals surface area contributed by atoms with Crippen LogP contribution < -0.4 is 5.19 Å². The maximum absolute atomic E-state index is 8.68. The van der Waals surface area contributed by atoms with E-state index in [-0.39, 0.29) is 6.61 Å². The summed E-state index contributed by atoms with van der Waals surface area (Å²) in [5.41, 5.74) is 1.24. The molecule has 15 heavy (non-hydrogen) atoms. The van der Waals surface area contributed by atoms with Crippen LogP contribution in [0.5, 0.6) is 0 Å². The summed E-state index contributed by atoms with van der Waals surface area (Å²) in [6.07, 6.45) is 4.83. The summed E-state index contributed by atoms with van der Waals surface area (Å²) in [6.45, 7) is 7.28. The fourth-order valence-electron chi connectivity index (χ4n) is 1.40. The fraction of sp³-hybridized carbons (Fsp3) is 0.385. The Bertz CT molecular complexity index is 337. The Balaban J connectivity index is 2.84. The highest BCUT2D eigenvalue weighted by molar-refractivity contribution is 6.88. The Hall–Kier alpha value is -0.863. The van der Waals surface area contributed by atoms with Gasteiger partial charge < -0.3 is 5.11 Å². The fourth-order valence-corrected chi connectivity index (χ4v) is 2.60. The van der Waals surface area contributed by atoms with Gasteiger partial charge in [0.05, 0.1) is 8.07 Å². The van der Waals surface area contributed by atoms with E-state index in [0.29, 0.717) is 0 Å². The highest BCUT2D eigenvalue weighted by Crippen LogP contribution is 2.06. The van der Waals surface area contributed by atoms with Crippen LogP contribution in [-0.2, 0) is 0 Å². The predicted molar refractivity (Wildman–Crippen MR) is 70.2 cm³/mol. The average molecular weight is 220 g/mol. The number of hydrogen-bond donors (Lipinski definition) is 1. The molecule has 0 unspecified atom stereocenters. The molecule has 0 atom stereocenters. The van der Waals surface area contributed by atoms with Gasteiger partial charge in [-0.15, -0.1) is 0 Å². The molecule has 0 amide bonds. The van der Waals surface area contributed by atoms with Crippen molar-refractivity contribution in [2.45, 2.75) is 26.1 Å². The van der Waals surface area contributed by atoms with Gasteiger partial charge in [0.2, 0.25) is 0 Å². The lowest BCUT2D eigenvalue weighted by Crippen LogP contribution is -2.37. The van der Waals surface area contributed by atoms with Gasteiger partial charge in [-0.05, 0) is 12.0 Å². The van der Waals surface area contributed by atoms with E-state index in [2.05, 4.69) is 50.0 Å². The summed E-state index contributed by atoms with van der Waals surface area (Å²) >= 11 is 0. The van der Waals surface area contributed by atoms with Crippen molar-refractivity contribution in [2.75, 3.05) is 6.61 Å². The first-order valence-electron chi connectivity index (χ1n) is 5.42. The molecule has 1 rings (SSSR count). The van der Waals surface area contributed by atoms with Crippen LogP contribution >= 0.6 is 0 Å². The number of rotatable bonds is 4. The molecule has 0 aromatic heterocycles. The summed E-state index contributed by atoms with van der Waals surface area (Å²) in [5, 5.41) is 10.2. The van der Waals surface area contributed by atoms with Crippen molar-refractivity contribution in [3.63, 3.8) is 0 Å². The van der Waals surface area contributed by atoms with Crippen LogP contribution in [0.3, 0.4) is 0 Å². The van der Waals surface area contributed by atoms with Crippen LogP contribution in [0.2, 0.25) is 19.6 Å². The minimum atomic E-state index is -1.20. The van der Waals surface area contributed by atoms with Crippen molar-refractivity contribution in [3.8, 4) is 0 Å². The van der Waals surface area contributed by atoms with E-state index in [1.807, 2.05) is 6.08 Å². The van der Waals surface area contributed by atoms with Crippen LogP contribution in [-0.4, -0.2) is 19.8 Å². The van der Waals surface area contributed by atoms with Gasteiger partial charge in [0, 0.05) is 6.61 Å². The molecule has 0 bridgehead atoms. The second-order valence-corrected chi connectivity index (χ2v) is 9.87. The maximum atomic E-state index is 8.68. The van der Waals surface area contributed by atoms with Gasteiger partial charge in [0.25, 0.3) is 0 Å². The Morgan fingerprint density at radius 2 is 2.00 bits per heavy atom. The molecule has 0 heterocycles. The lowest BCUT2D eigenvalue weighted by Gasteiger charge is -2.16. The van der Waals surface area contributed by atoms with E-state index in [1.165, 1.54) is 10.8 Å². The second kappa shape index (κ2) is 5.28. The third-order valence-electron chi connectivity index (χ3n) is 2.36. The first-order valence-corrected chi connectivity index (χ1v) is 8.92. The highest BCUT2D eigenvalue weighted by atomic mass is 28.3. The van der Waals surface area contributed by atoms with E-state index in [4.69, 9.17) is 5.11 Å². The zero-order valence-electron chi connectivity index (χ0n) is 9.83. The molecular weight excluding hydrogens is 200 g/mol. The highest BCUT2D eigenvalue weighted by Gasteiger charge is 2.15. The number of benzene rings is 1. The van der Waals surface area contributed by atoms with Gasteiger partial charge >= 0.3 is 0 Å². The van der Waals surface area contributed by atoms with E-state index >= 15 is 0 Å². The molecule has 0 fully saturated rings. The van der Waals surface area contributed by atoms with E-state index in [1.54, 1.807) is 0 Å². The van der Waals surface area contributed by atoms with Gasteiger partial charge in [0.1, 0.15) is 0 Å². The summed E-state index contributed by atoms with van der Waals surface area (Å²) in [5.74, 6) is 0. The Morgan fingerprint density at radius 1 is 1.27 bits per heavy atom. The number of aliphatic hydroxyl groups is 1. The quantitative estimate of drug-likeness (QED) is 0.773. The van der Waals surface area contributed by atoms with Crippen molar-refractivity contribution in [2.24, 2.45) is 0 Å². The van der Waals surface area contributed by atoms with Gasteiger partial charge in [0.15, 0.2) is 0 Å². The topological polar surface area (TPSA) is 20.2 Å². The Labute approximate surface area is 93.5 Å². The van der Waals surface area contributed by atoms with Crippen molar-refractivity contribution < 1.29 is 5.11 Å². The molecule has 1 nitrogen and oxygen atoms in total. The van der Waals surface area contributed by atoms with Crippen LogP contribution in [0.15, 0.2) is 30.3 Å². The summed E-state index contributed by atoms with van der Waals surface area (Å²) < 4.78 is 0. The minimum Gasteiger partial charge on any atom is -0.396 e. The van der Waals surface area contributed by atoms with Crippen molar-refractivity contribution in [3.05, 3.63) is 35.9 Å². The summed E-state index contributed by atoms with van der Waals surface area (Å²) in [4.78, 5) is 0. The van der Waals surface area contributed by atoms with E-state index in [0.717, 1.165) is 6.42 Å². The average Bonchev–Trinajstić information content (AvgIpc) is 2.17. The number of hydrogen-bond acceptors (Lipinski definition) is 1. The van der Waals surface area contributed by atoms with E-state index in [9.17, 15) is 0 Å². The first-order chi connectivity index (χ1) is 7.04. The molecule has 0 aliphatic heterocycles. The van der Waals surface area contributed by atoms with Gasteiger partial charge in [-0.1, -0.05) is 61.2 Å². The Morgan fingerprint density at radius 3 is 2.60 bits per heavy atom. The Kier molecular flexibility index (Phi) is 4.30. The molecule has 0 aliphatic rings. The lowest BCUT2D eigenvalue weighted by atomic mass is 10.2. The SMILES string of the molecule is C[Si](C)(C)c1cccc(C=CCCO)c1. The predicted octanol–water partition coefficient (Wildman–Crippen LogP) is 2.63. The molecule has 0 saturated carbocycles. The van der Waals surface area contributed by atoms with Crippen molar-refractivity contribution >= 4 is 19.3 Å². The van der Waals surface area contributed by atoms with Crippen molar-refractivity contribution in [1.29, 1.82) is 0 Å². The molecule has 1 aromatic rings. The van der Waals surface area contributed by atoms with Gasteiger partial charge in [-0.3, -0.25) is 0 Å². The molecular formula is C13H20OSi. The zero-order chi connectivity index (χ0) is 11.3. The molecule has 0 radical (unpaired) electrons. The molecule has 0 aliphatic carbocycles. The van der Waals surface area contributed by atoms with Crippen LogP contribution in [0.4, 0.5) is 0 Å². The maximum Gasteiger partial charge on any atom is 0.0776 e. The minimum absolute atomic E-state index is 0.226. The number of aliphatic hydroxyl groups excluding tert-OH is 1. The third kappa shape index (κ3) is 4.02. The van der Waals surface area contributed by atoms with Crippen LogP contribution in [0, 0.1) is 0 Å². The third-order valence-corrected chi connectivity index (χ3v) is 4.40. The van der Waals surface area contributed by atoms with Gasteiger partial charge in [-0.25, -0.2) is 0 Å². The summed E-state index contributed by atoms with van der Waals surface area (Å²) in [7, 11) is -1.20. The van der Waals surface area contributed by atoms with Gasteiger partial charge in [-0.2, -0.15) is 0 Å². The molecule has 1 aromatic carbocycles. The monoisotopic (exact) mass is 220 g/mol. The van der Waals surface area contributed by atoms with Crippen molar-refractivity contribution in [1.82, 2.24) is 0 Å². The molecule has 1 N–H and O–H groups in total. The van der Waals surface area contributed by atoms with Crippen LogP contribution in [0.25, 0.3) is 6.08 Å². The second-order valence-electron chi connectivity index (χ2n) is 4.79. The largest absolute Gasteiger partial charge is 0.396 e. The molecule has 82 valence electrons.